The summed E-state index contributed by atoms with van der Waals surface area (Å²) >= 11 is 0. The van der Waals surface area contributed by atoms with Crippen molar-refractivity contribution >= 4 is 0 Å². The first kappa shape index (κ1) is 10.0. The SMILES string of the molecule is CCN1C(C)C(COC)C[C@H]1C. The van der Waals surface area contributed by atoms with Gasteiger partial charge in [0.05, 0.1) is 6.61 Å². The van der Waals surface area contributed by atoms with Crippen molar-refractivity contribution in [3.63, 3.8) is 0 Å². The van der Waals surface area contributed by atoms with Crippen LogP contribution in [0.1, 0.15) is 27.2 Å². The van der Waals surface area contributed by atoms with Crippen LogP contribution in [0.4, 0.5) is 0 Å². The van der Waals surface area contributed by atoms with Gasteiger partial charge in [0.15, 0.2) is 0 Å². The quantitative estimate of drug-likeness (QED) is 0.641. The normalized spacial score (nSPS) is 37.5. The lowest BCUT2D eigenvalue weighted by Crippen LogP contribution is -2.34. The van der Waals surface area contributed by atoms with Crippen LogP contribution in [-0.4, -0.2) is 37.2 Å². The average molecular weight is 171 g/mol. The van der Waals surface area contributed by atoms with Crippen LogP contribution < -0.4 is 0 Å². The molecule has 1 heterocycles. The van der Waals surface area contributed by atoms with Crippen molar-refractivity contribution in [3.05, 3.63) is 0 Å². The van der Waals surface area contributed by atoms with E-state index in [9.17, 15) is 0 Å². The molecule has 0 amide bonds. The molecule has 0 aromatic rings. The summed E-state index contributed by atoms with van der Waals surface area (Å²) in [5.41, 5.74) is 0. The molecule has 2 heteroatoms. The predicted molar refractivity (Wildman–Crippen MR) is 51.3 cm³/mol. The van der Waals surface area contributed by atoms with Gasteiger partial charge < -0.3 is 4.74 Å². The molecule has 0 bridgehead atoms. The third kappa shape index (κ3) is 1.80. The molecule has 2 unspecified atom stereocenters. The molecule has 12 heavy (non-hydrogen) atoms. The number of likely N-dealkylation sites (tertiary alicyclic amines) is 1. The number of methoxy groups -OCH3 is 1. The maximum atomic E-state index is 5.21. The molecular weight excluding hydrogens is 150 g/mol. The van der Waals surface area contributed by atoms with Crippen LogP contribution in [0, 0.1) is 5.92 Å². The lowest BCUT2D eigenvalue weighted by molar-refractivity contribution is 0.128. The molecule has 1 fully saturated rings. The maximum Gasteiger partial charge on any atom is 0.0505 e. The van der Waals surface area contributed by atoms with Crippen LogP contribution in [0.15, 0.2) is 0 Å². The first-order valence-corrected chi connectivity index (χ1v) is 4.95. The smallest absolute Gasteiger partial charge is 0.0505 e. The maximum absolute atomic E-state index is 5.21. The fourth-order valence-corrected chi connectivity index (χ4v) is 2.46. The summed E-state index contributed by atoms with van der Waals surface area (Å²) in [6.45, 7) is 8.96. The summed E-state index contributed by atoms with van der Waals surface area (Å²) in [4.78, 5) is 2.56. The molecule has 2 nitrogen and oxygen atoms in total. The largest absolute Gasteiger partial charge is 0.384 e. The highest BCUT2D eigenvalue weighted by Gasteiger charge is 2.34. The van der Waals surface area contributed by atoms with Crippen molar-refractivity contribution in [2.24, 2.45) is 5.92 Å². The molecule has 0 aromatic heterocycles. The first-order valence-electron chi connectivity index (χ1n) is 4.95. The standard InChI is InChI=1S/C10H21NO/c1-5-11-8(2)6-10(7-12-4)9(11)3/h8-10H,5-7H2,1-4H3/t8-,9?,10?/m1/s1. The molecule has 3 atom stereocenters. The molecule has 72 valence electrons. The van der Waals surface area contributed by atoms with E-state index in [0.717, 1.165) is 18.6 Å². The molecule has 1 rings (SSSR count). The fourth-order valence-electron chi connectivity index (χ4n) is 2.46. The highest BCUT2D eigenvalue weighted by molar-refractivity contribution is 4.88. The van der Waals surface area contributed by atoms with Crippen LogP contribution >= 0.6 is 0 Å². The zero-order valence-corrected chi connectivity index (χ0v) is 8.71. The van der Waals surface area contributed by atoms with E-state index in [1.54, 1.807) is 7.11 Å². The Morgan fingerprint density at radius 1 is 1.42 bits per heavy atom. The Labute approximate surface area is 75.9 Å². The van der Waals surface area contributed by atoms with E-state index in [1.165, 1.54) is 13.0 Å². The minimum Gasteiger partial charge on any atom is -0.384 e. The topological polar surface area (TPSA) is 12.5 Å². The van der Waals surface area contributed by atoms with E-state index in [0.29, 0.717) is 6.04 Å². The number of hydrogen-bond donors (Lipinski definition) is 0. The molecule has 1 saturated heterocycles. The number of ether oxygens (including phenoxy) is 1. The van der Waals surface area contributed by atoms with E-state index in [4.69, 9.17) is 4.74 Å². The Bertz CT molecular complexity index is 138. The van der Waals surface area contributed by atoms with Gasteiger partial charge in [0.25, 0.3) is 0 Å². The van der Waals surface area contributed by atoms with E-state index < -0.39 is 0 Å². The van der Waals surface area contributed by atoms with Crippen molar-refractivity contribution < 1.29 is 4.74 Å². The Kier molecular flexibility index (Phi) is 3.53. The van der Waals surface area contributed by atoms with Crippen molar-refractivity contribution in [3.8, 4) is 0 Å². The molecule has 0 N–H and O–H groups in total. The summed E-state index contributed by atoms with van der Waals surface area (Å²) in [5, 5.41) is 0. The minimum absolute atomic E-state index is 0.699. The zero-order valence-electron chi connectivity index (χ0n) is 8.71. The second-order valence-corrected chi connectivity index (χ2v) is 3.87. The van der Waals surface area contributed by atoms with Gasteiger partial charge in [-0.05, 0) is 32.7 Å². The monoisotopic (exact) mass is 171 g/mol. The summed E-state index contributed by atoms with van der Waals surface area (Å²) in [6.07, 6.45) is 1.29. The van der Waals surface area contributed by atoms with Crippen molar-refractivity contribution in [1.29, 1.82) is 0 Å². The zero-order chi connectivity index (χ0) is 9.14. The third-order valence-electron chi connectivity index (χ3n) is 3.16. The van der Waals surface area contributed by atoms with Crippen LogP contribution in [0.25, 0.3) is 0 Å². The van der Waals surface area contributed by atoms with Crippen molar-refractivity contribution in [1.82, 2.24) is 4.90 Å². The molecule has 0 aromatic carbocycles. The van der Waals surface area contributed by atoms with Crippen LogP contribution in [0.2, 0.25) is 0 Å². The predicted octanol–water partition coefficient (Wildman–Crippen LogP) is 1.75. The second-order valence-electron chi connectivity index (χ2n) is 3.87. The van der Waals surface area contributed by atoms with Gasteiger partial charge in [0.2, 0.25) is 0 Å². The number of nitrogens with zero attached hydrogens (tertiary/aromatic N) is 1. The first-order chi connectivity index (χ1) is 5.70. The van der Waals surface area contributed by atoms with E-state index in [-0.39, 0.29) is 0 Å². The summed E-state index contributed by atoms with van der Waals surface area (Å²) in [5.74, 6) is 0.741. The van der Waals surface area contributed by atoms with Crippen molar-refractivity contribution in [2.45, 2.75) is 39.3 Å². The van der Waals surface area contributed by atoms with Gasteiger partial charge in [-0.25, -0.2) is 0 Å². The molecule has 0 aliphatic carbocycles. The van der Waals surface area contributed by atoms with Crippen LogP contribution in [0.5, 0.6) is 0 Å². The summed E-state index contributed by atoms with van der Waals surface area (Å²) in [6, 6.07) is 1.44. The highest BCUT2D eigenvalue weighted by atomic mass is 16.5. The minimum atomic E-state index is 0.699. The second kappa shape index (κ2) is 4.24. The molecule has 0 spiro atoms. The lowest BCUT2D eigenvalue weighted by Gasteiger charge is -2.25. The molecular formula is C10H21NO. The fraction of sp³-hybridized carbons (Fsp3) is 1.00. The highest BCUT2D eigenvalue weighted by Crippen LogP contribution is 2.29. The van der Waals surface area contributed by atoms with Gasteiger partial charge in [-0.2, -0.15) is 0 Å². The Morgan fingerprint density at radius 2 is 2.08 bits per heavy atom. The number of rotatable bonds is 3. The lowest BCUT2D eigenvalue weighted by atomic mass is 10.0. The Hall–Kier alpha value is -0.0800. The number of hydrogen-bond acceptors (Lipinski definition) is 2. The van der Waals surface area contributed by atoms with E-state index in [1.807, 2.05) is 0 Å². The van der Waals surface area contributed by atoms with Gasteiger partial charge in [-0.1, -0.05) is 6.92 Å². The van der Waals surface area contributed by atoms with Crippen LogP contribution in [-0.2, 0) is 4.74 Å². The van der Waals surface area contributed by atoms with E-state index >= 15 is 0 Å². The average Bonchev–Trinajstić information content (AvgIpc) is 2.29. The molecule has 1 aliphatic rings. The van der Waals surface area contributed by atoms with Gasteiger partial charge in [-0.3, -0.25) is 4.90 Å². The summed E-state index contributed by atoms with van der Waals surface area (Å²) < 4.78 is 5.21. The third-order valence-corrected chi connectivity index (χ3v) is 3.16. The van der Waals surface area contributed by atoms with Crippen molar-refractivity contribution in [2.75, 3.05) is 20.3 Å². The Balaban J connectivity index is 2.49. The summed E-state index contributed by atoms with van der Waals surface area (Å²) in [7, 11) is 1.80. The Morgan fingerprint density at radius 3 is 2.50 bits per heavy atom. The van der Waals surface area contributed by atoms with Gasteiger partial charge in [-0.15, -0.1) is 0 Å². The van der Waals surface area contributed by atoms with Gasteiger partial charge in [0, 0.05) is 19.2 Å². The van der Waals surface area contributed by atoms with Gasteiger partial charge >= 0.3 is 0 Å². The molecule has 0 saturated carbocycles. The molecule has 1 aliphatic heterocycles. The molecule has 0 radical (unpaired) electrons. The van der Waals surface area contributed by atoms with Gasteiger partial charge in [0.1, 0.15) is 0 Å². The van der Waals surface area contributed by atoms with Crippen LogP contribution in [0.3, 0.4) is 0 Å². The van der Waals surface area contributed by atoms with E-state index in [2.05, 4.69) is 25.7 Å².